The van der Waals surface area contributed by atoms with Gasteiger partial charge in [-0.15, -0.1) is 0 Å². The van der Waals surface area contributed by atoms with E-state index in [1.165, 1.54) is 0 Å². The number of fused-ring (bicyclic) bond motifs is 2. The number of carbonyl (C=O) groups is 2. The van der Waals surface area contributed by atoms with Crippen molar-refractivity contribution in [2.75, 3.05) is 20.1 Å². The molecule has 1 aromatic heterocycles. The highest BCUT2D eigenvalue weighted by atomic mass is 35.5. The van der Waals surface area contributed by atoms with Gasteiger partial charge >= 0.3 is 0 Å². The van der Waals surface area contributed by atoms with E-state index in [2.05, 4.69) is 10.3 Å². The third-order valence-corrected chi connectivity index (χ3v) is 5.34. The van der Waals surface area contributed by atoms with Crippen LogP contribution in [0.1, 0.15) is 27.4 Å². The van der Waals surface area contributed by atoms with E-state index in [-0.39, 0.29) is 17.7 Å². The van der Waals surface area contributed by atoms with Gasteiger partial charge in [-0.1, -0.05) is 29.8 Å². The predicted molar refractivity (Wildman–Crippen MR) is 106 cm³/mol. The largest absolute Gasteiger partial charge is 0.361 e. The Balaban J connectivity index is 1.46. The molecular weight excluding hydrogens is 362 g/mol. The zero-order chi connectivity index (χ0) is 19.0. The van der Waals surface area contributed by atoms with Crippen molar-refractivity contribution in [3.05, 3.63) is 70.4 Å². The predicted octanol–water partition coefficient (Wildman–Crippen LogP) is 3.35. The minimum Gasteiger partial charge on any atom is -0.361 e. The number of rotatable bonds is 4. The topological polar surface area (TPSA) is 65.2 Å². The second kappa shape index (κ2) is 7.08. The zero-order valence-corrected chi connectivity index (χ0v) is 15.7. The molecule has 1 unspecified atom stereocenters. The van der Waals surface area contributed by atoms with Gasteiger partial charge < -0.3 is 15.2 Å². The summed E-state index contributed by atoms with van der Waals surface area (Å²) >= 11 is 6.09. The van der Waals surface area contributed by atoms with Crippen LogP contribution in [0, 0.1) is 0 Å². The monoisotopic (exact) mass is 381 g/mol. The summed E-state index contributed by atoms with van der Waals surface area (Å²) in [6.07, 6.45) is 2.66. The van der Waals surface area contributed by atoms with E-state index >= 15 is 0 Å². The van der Waals surface area contributed by atoms with Crippen molar-refractivity contribution in [2.24, 2.45) is 0 Å². The standard InChI is InChI=1S/C21H20ClN3O2/c1-25-12-18(15-4-2-3-5-16(15)21(25)27)20(26)23-9-8-13-11-24-19-7-6-14(22)10-17(13)19/h2-7,10-11,18,24H,8-9,12H2,1H3,(H,23,26). The number of amides is 2. The summed E-state index contributed by atoms with van der Waals surface area (Å²) in [5.74, 6) is -0.439. The smallest absolute Gasteiger partial charge is 0.253 e. The van der Waals surface area contributed by atoms with Gasteiger partial charge in [0.05, 0.1) is 5.92 Å². The molecule has 0 saturated carbocycles. The highest BCUT2D eigenvalue weighted by Crippen LogP contribution is 2.28. The highest BCUT2D eigenvalue weighted by molar-refractivity contribution is 6.31. The molecule has 1 aliphatic heterocycles. The molecule has 2 heterocycles. The number of nitrogens with one attached hydrogen (secondary N) is 2. The lowest BCUT2D eigenvalue weighted by molar-refractivity contribution is -0.122. The first-order valence-electron chi connectivity index (χ1n) is 8.92. The van der Waals surface area contributed by atoms with Crippen molar-refractivity contribution < 1.29 is 9.59 Å². The normalized spacial score (nSPS) is 16.4. The van der Waals surface area contributed by atoms with Crippen LogP contribution >= 0.6 is 11.6 Å². The quantitative estimate of drug-likeness (QED) is 0.727. The number of halogens is 1. The fourth-order valence-electron chi connectivity index (χ4n) is 3.68. The van der Waals surface area contributed by atoms with E-state index in [1.54, 1.807) is 18.0 Å². The maximum atomic E-state index is 12.8. The minimum absolute atomic E-state index is 0.0367. The van der Waals surface area contributed by atoms with E-state index in [1.807, 2.05) is 42.6 Å². The van der Waals surface area contributed by atoms with Crippen molar-refractivity contribution in [1.82, 2.24) is 15.2 Å². The summed E-state index contributed by atoms with van der Waals surface area (Å²) in [7, 11) is 1.73. The Morgan fingerprint density at radius 1 is 1.30 bits per heavy atom. The molecule has 0 aliphatic carbocycles. The number of hydrogen-bond acceptors (Lipinski definition) is 2. The summed E-state index contributed by atoms with van der Waals surface area (Å²) in [6.45, 7) is 0.916. The van der Waals surface area contributed by atoms with Crippen LogP contribution in [0.15, 0.2) is 48.7 Å². The molecule has 0 radical (unpaired) electrons. The van der Waals surface area contributed by atoms with Crippen LogP contribution in [0.2, 0.25) is 5.02 Å². The van der Waals surface area contributed by atoms with Gasteiger partial charge in [0, 0.05) is 47.8 Å². The molecule has 0 saturated heterocycles. The number of carbonyl (C=O) groups excluding carboxylic acids is 2. The summed E-state index contributed by atoms with van der Waals surface area (Å²) in [4.78, 5) is 29.9. The molecule has 1 aliphatic rings. The molecule has 2 aromatic carbocycles. The Bertz CT molecular complexity index is 1030. The van der Waals surface area contributed by atoms with Crippen molar-refractivity contribution in [2.45, 2.75) is 12.3 Å². The van der Waals surface area contributed by atoms with Crippen molar-refractivity contribution in [1.29, 1.82) is 0 Å². The van der Waals surface area contributed by atoms with Gasteiger partial charge in [-0.3, -0.25) is 9.59 Å². The van der Waals surface area contributed by atoms with Crippen molar-refractivity contribution in [3.63, 3.8) is 0 Å². The molecule has 0 fully saturated rings. The Morgan fingerprint density at radius 2 is 2.11 bits per heavy atom. The number of aromatic nitrogens is 1. The second-order valence-electron chi connectivity index (χ2n) is 6.87. The number of likely N-dealkylation sites (N-methyl/N-ethyl adjacent to an activating group) is 1. The summed E-state index contributed by atoms with van der Waals surface area (Å²) in [5, 5.41) is 4.79. The van der Waals surface area contributed by atoms with Crippen LogP contribution in [0.5, 0.6) is 0 Å². The Hall–Kier alpha value is -2.79. The molecule has 138 valence electrons. The average Bonchev–Trinajstić information content (AvgIpc) is 3.07. The van der Waals surface area contributed by atoms with Gasteiger partial charge in [-0.25, -0.2) is 0 Å². The van der Waals surface area contributed by atoms with E-state index < -0.39 is 0 Å². The van der Waals surface area contributed by atoms with Gasteiger partial charge in [0.15, 0.2) is 0 Å². The molecule has 5 nitrogen and oxygen atoms in total. The minimum atomic E-state index is -0.346. The fraction of sp³-hybridized carbons (Fsp3) is 0.238. The van der Waals surface area contributed by atoms with Crippen LogP contribution in [0.3, 0.4) is 0 Å². The Labute approximate surface area is 162 Å². The SMILES string of the molecule is CN1CC(C(=O)NCCc2c[nH]c3ccc(Cl)cc23)c2ccccc2C1=O. The lowest BCUT2D eigenvalue weighted by Crippen LogP contribution is -2.43. The molecular formula is C21H20ClN3O2. The number of benzene rings is 2. The van der Waals surface area contributed by atoms with Gasteiger partial charge in [-0.05, 0) is 41.8 Å². The second-order valence-corrected chi connectivity index (χ2v) is 7.31. The van der Waals surface area contributed by atoms with Gasteiger partial charge in [0.2, 0.25) is 5.91 Å². The van der Waals surface area contributed by atoms with E-state index in [4.69, 9.17) is 11.6 Å². The lowest BCUT2D eigenvalue weighted by atomic mass is 9.89. The van der Waals surface area contributed by atoms with Crippen LogP contribution < -0.4 is 5.32 Å². The Morgan fingerprint density at radius 3 is 2.96 bits per heavy atom. The molecule has 3 aromatic rings. The molecule has 2 N–H and O–H groups in total. The lowest BCUT2D eigenvalue weighted by Gasteiger charge is -2.31. The van der Waals surface area contributed by atoms with E-state index in [9.17, 15) is 9.59 Å². The molecule has 27 heavy (non-hydrogen) atoms. The number of nitrogens with zero attached hydrogens (tertiary/aromatic N) is 1. The van der Waals surface area contributed by atoms with Gasteiger partial charge in [0.25, 0.3) is 5.91 Å². The Kier molecular flexibility index (Phi) is 4.62. The average molecular weight is 382 g/mol. The van der Waals surface area contributed by atoms with Crippen molar-refractivity contribution in [3.8, 4) is 0 Å². The van der Waals surface area contributed by atoms with Crippen LogP contribution in [-0.4, -0.2) is 41.8 Å². The number of hydrogen-bond donors (Lipinski definition) is 2. The number of aromatic amines is 1. The molecule has 6 heteroatoms. The third kappa shape index (κ3) is 3.30. The first kappa shape index (κ1) is 17.6. The van der Waals surface area contributed by atoms with Gasteiger partial charge in [-0.2, -0.15) is 0 Å². The van der Waals surface area contributed by atoms with Crippen molar-refractivity contribution >= 4 is 34.3 Å². The molecule has 2 amide bonds. The van der Waals surface area contributed by atoms with Crippen LogP contribution in [-0.2, 0) is 11.2 Å². The van der Waals surface area contributed by atoms with E-state index in [0.717, 1.165) is 22.0 Å². The summed E-state index contributed by atoms with van der Waals surface area (Å²) < 4.78 is 0. The summed E-state index contributed by atoms with van der Waals surface area (Å²) in [6, 6.07) is 13.1. The maximum Gasteiger partial charge on any atom is 0.253 e. The molecule has 0 spiro atoms. The van der Waals surface area contributed by atoms with Gasteiger partial charge in [0.1, 0.15) is 0 Å². The maximum absolute atomic E-state index is 12.8. The van der Waals surface area contributed by atoms with E-state index in [0.29, 0.717) is 30.1 Å². The highest BCUT2D eigenvalue weighted by Gasteiger charge is 2.33. The van der Waals surface area contributed by atoms with Crippen LogP contribution in [0.4, 0.5) is 0 Å². The first-order chi connectivity index (χ1) is 13.0. The number of H-pyrrole nitrogens is 1. The third-order valence-electron chi connectivity index (χ3n) is 5.11. The zero-order valence-electron chi connectivity index (χ0n) is 15.0. The molecule has 0 bridgehead atoms. The molecule has 4 rings (SSSR count). The first-order valence-corrected chi connectivity index (χ1v) is 9.30. The summed E-state index contributed by atoms with van der Waals surface area (Å²) in [5.41, 5.74) is 3.56. The van der Waals surface area contributed by atoms with Crippen LogP contribution in [0.25, 0.3) is 10.9 Å². The fourth-order valence-corrected chi connectivity index (χ4v) is 3.85. The molecule has 1 atom stereocenters.